The fourth-order valence-electron chi connectivity index (χ4n) is 3.01. The molecule has 2 nitrogen and oxygen atoms in total. The van der Waals surface area contributed by atoms with E-state index in [-0.39, 0.29) is 5.60 Å². The van der Waals surface area contributed by atoms with Crippen LogP contribution in [0.4, 0.5) is 0 Å². The third-order valence-corrected chi connectivity index (χ3v) is 3.87. The SMILES string of the molecule is CCCC(CC)(O[C]=O)C1CCCCC1. The number of carbonyl (C=O) groups excluding carboxylic acids is 1. The molecule has 1 saturated carbocycles. The van der Waals surface area contributed by atoms with E-state index >= 15 is 0 Å². The fourth-order valence-corrected chi connectivity index (χ4v) is 3.01. The Balaban J connectivity index is 2.70. The van der Waals surface area contributed by atoms with Gasteiger partial charge in [0.2, 0.25) is 0 Å². The molecule has 1 atom stereocenters. The lowest BCUT2D eigenvalue weighted by Gasteiger charge is -2.40. The highest BCUT2D eigenvalue weighted by Gasteiger charge is 2.38. The van der Waals surface area contributed by atoms with Crippen LogP contribution in [0, 0.1) is 5.92 Å². The highest BCUT2D eigenvalue weighted by molar-refractivity contribution is 5.39. The number of rotatable bonds is 6. The van der Waals surface area contributed by atoms with Gasteiger partial charge in [-0.25, -0.2) is 4.79 Å². The Labute approximate surface area is 93.4 Å². The van der Waals surface area contributed by atoms with Crippen molar-refractivity contribution in [2.45, 2.75) is 70.8 Å². The molecule has 1 rings (SSSR count). The molecule has 2 heteroatoms. The first kappa shape index (κ1) is 12.5. The summed E-state index contributed by atoms with van der Waals surface area (Å²) < 4.78 is 5.35. The highest BCUT2D eigenvalue weighted by atomic mass is 16.5. The largest absolute Gasteiger partial charge is 0.450 e. The van der Waals surface area contributed by atoms with E-state index in [0.29, 0.717) is 5.92 Å². The Morgan fingerprint density at radius 2 is 1.93 bits per heavy atom. The van der Waals surface area contributed by atoms with Crippen LogP contribution >= 0.6 is 0 Å². The van der Waals surface area contributed by atoms with Crippen molar-refractivity contribution in [3.63, 3.8) is 0 Å². The first-order chi connectivity index (χ1) is 7.29. The molecule has 1 aliphatic rings. The quantitative estimate of drug-likeness (QED) is 0.671. The van der Waals surface area contributed by atoms with Crippen LogP contribution in [0.5, 0.6) is 0 Å². The van der Waals surface area contributed by atoms with Gasteiger partial charge in [0.15, 0.2) is 0 Å². The topological polar surface area (TPSA) is 26.3 Å². The zero-order chi connectivity index (χ0) is 11.1. The number of hydrogen-bond donors (Lipinski definition) is 0. The van der Waals surface area contributed by atoms with Crippen molar-refractivity contribution in [3.8, 4) is 0 Å². The van der Waals surface area contributed by atoms with Crippen molar-refractivity contribution < 1.29 is 9.53 Å². The average Bonchev–Trinajstić information content (AvgIpc) is 2.30. The molecular weight excluding hydrogens is 188 g/mol. The second-order valence-electron chi connectivity index (χ2n) is 4.69. The van der Waals surface area contributed by atoms with Gasteiger partial charge >= 0.3 is 6.47 Å². The van der Waals surface area contributed by atoms with Crippen molar-refractivity contribution in [3.05, 3.63) is 0 Å². The minimum absolute atomic E-state index is 0.211. The number of hydrogen-bond acceptors (Lipinski definition) is 2. The summed E-state index contributed by atoms with van der Waals surface area (Å²) in [5.41, 5.74) is -0.211. The van der Waals surface area contributed by atoms with Crippen molar-refractivity contribution in [2.24, 2.45) is 5.92 Å². The van der Waals surface area contributed by atoms with E-state index in [0.717, 1.165) is 19.3 Å². The average molecular weight is 211 g/mol. The Kier molecular flexibility index (Phi) is 5.13. The second kappa shape index (κ2) is 6.14. The van der Waals surface area contributed by atoms with Gasteiger partial charge in [0.25, 0.3) is 0 Å². The Hall–Kier alpha value is -0.530. The van der Waals surface area contributed by atoms with E-state index in [4.69, 9.17) is 4.74 Å². The molecule has 0 spiro atoms. The summed E-state index contributed by atoms with van der Waals surface area (Å²) in [6.07, 6.45) is 9.35. The molecule has 15 heavy (non-hydrogen) atoms. The van der Waals surface area contributed by atoms with E-state index < -0.39 is 0 Å². The standard InChI is InChI=1S/C13H23O2/c1-3-10-13(4-2,15-11-14)12-8-6-5-7-9-12/h12H,3-10H2,1-2H3. The van der Waals surface area contributed by atoms with Crippen molar-refractivity contribution in [2.75, 3.05) is 0 Å². The summed E-state index contributed by atoms with van der Waals surface area (Å²) in [5, 5.41) is 0. The molecule has 1 aliphatic carbocycles. The summed E-state index contributed by atoms with van der Waals surface area (Å²) >= 11 is 0. The lowest BCUT2D eigenvalue weighted by atomic mass is 9.73. The predicted octanol–water partition coefficient (Wildman–Crippen LogP) is 3.60. The van der Waals surface area contributed by atoms with E-state index in [1.807, 2.05) is 0 Å². The van der Waals surface area contributed by atoms with E-state index in [9.17, 15) is 4.79 Å². The molecule has 0 N–H and O–H groups in total. The van der Waals surface area contributed by atoms with Crippen LogP contribution in [0.25, 0.3) is 0 Å². The molecular formula is C13H23O2. The van der Waals surface area contributed by atoms with Crippen molar-refractivity contribution >= 4 is 6.47 Å². The normalized spacial score (nSPS) is 22.0. The van der Waals surface area contributed by atoms with Crippen LogP contribution in [0.1, 0.15) is 65.2 Å². The van der Waals surface area contributed by atoms with Gasteiger partial charge in [-0.05, 0) is 31.6 Å². The molecule has 0 amide bonds. The third kappa shape index (κ3) is 2.96. The summed E-state index contributed by atoms with van der Waals surface area (Å²) in [6.45, 7) is 5.97. The third-order valence-electron chi connectivity index (χ3n) is 3.87. The van der Waals surface area contributed by atoms with Crippen molar-refractivity contribution in [1.82, 2.24) is 0 Å². The molecule has 0 aromatic rings. The molecule has 87 valence electrons. The van der Waals surface area contributed by atoms with Gasteiger partial charge in [0.05, 0.1) is 0 Å². The maximum atomic E-state index is 10.5. The summed E-state index contributed by atoms with van der Waals surface area (Å²) in [4.78, 5) is 10.5. The van der Waals surface area contributed by atoms with Gasteiger partial charge in [-0.15, -0.1) is 0 Å². The molecule has 0 aromatic carbocycles. The monoisotopic (exact) mass is 211 g/mol. The Bertz CT molecular complexity index is 185. The molecule has 0 saturated heterocycles. The first-order valence-electron chi connectivity index (χ1n) is 6.34. The molecule has 0 aromatic heterocycles. The van der Waals surface area contributed by atoms with Crippen LogP contribution in [0.2, 0.25) is 0 Å². The van der Waals surface area contributed by atoms with Gasteiger partial charge in [-0.2, -0.15) is 0 Å². The fraction of sp³-hybridized carbons (Fsp3) is 0.923. The Morgan fingerprint density at radius 3 is 2.40 bits per heavy atom. The summed E-state index contributed by atoms with van der Waals surface area (Å²) in [6, 6.07) is 0. The van der Waals surface area contributed by atoms with Gasteiger partial charge in [0.1, 0.15) is 5.60 Å². The molecule has 1 fully saturated rings. The van der Waals surface area contributed by atoms with Crippen LogP contribution in [0.15, 0.2) is 0 Å². The van der Waals surface area contributed by atoms with Gasteiger partial charge in [-0.1, -0.05) is 39.5 Å². The predicted molar refractivity (Wildman–Crippen MR) is 61.3 cm³/mol. The zero-order valence-corrected chi connectivity index (χ0v) is 10.1. The van der Waals surface area contributed by atoms with Crippen LogP contribution < -0.4 is 0 Å². The number of ether oxygens (including phenoxy) is 1. The molecule has 1 unspecified atom stereocenters. The van der Waals surface area contributed by atoms with E-state index in [1.54, 1.807) is 6.47 Å². The second-order valence-corrected chi connectivity index (χ2v) is 4.69. The molecule has 0 bridgehead atoms. The van der Waals surface area contributed by atoms with Gasteiger partial charge in [-0.3, -0.25) is 0 Å². The van der Waals surface area contributed by atoms with Crippen LogP contribution in [0.3, 0.4) is 0 Å². The van der Waals surface area contributed by atoms with E-state index in [2.05, 4.69) is 13.8 Å². The van der Waals surface area contributed by atoms with Crippen LogP contribution in [-0.4, -0.2) is 12.1 Å². The lowest BCUT2D eigenvalue weighted by Crippen LogP contribution is -2.41. The van der Waals surface area contributed by atoms with Gasteiger partial charge < -0.3 is 4.74 Å². The van der Waals surface area contributed by atoms with Gasteiger partial charge in [0, 0.05) is 0 Å². The molecule has 0 aliphatic heterocycles. The molecule has 1 radical (unpaired) electrons. The minimum Gasteiger partial charge on any atom is -0.450 e. The Morgan fingerprint density at radius 1 is 1.27 bits per heavy atom. The summed E-state index contributed by atoms with van der Waals surface area (Å²) in [5.74, 6) is 0.567. The smallest absolute Gasteiger partial charge is 0.418 e. The maximum Gasteiger partial charge on any atom is 0.418 e. The first-order valence-corrected chi connectivity index (χ1v) is 6.34. The summed E-state index contributed by atoms with van der Waals surface area (Å²) in [7, 11) is 0. The van der Waals surface area contributed by atoms with Crippen LogP contribution in [-0.2, 0) is 9.53 Å². The van der Waals surface area contributed by atoms with E-state index in [1.165, 1.54) is 32.1 Å². The zero-order valence-electron chi connectivity index (χ0n) is 10.1. The molecule has 0 heterocycles. The lowest BCUT2D eigenvalue weighted by molar-refractivity contribution is -0.0325. The highest BCUT2D eigenvalue weighted by Crippen LogP contribution is 2.39. The minimum atomic E-state index is -0.211. The van der Waals surface area contributed by atoms with Crippen molar-refractivity contribution in [1.29, 1.82) is 0 Å². The maximum absolute atomic E-state index is 10.5.